The molecule has 0 aliphatic heterocycles. The van der Waals surface area contributed by atoms with Crippen LogP contribution in [0.4, 0.5) is 0 Å². The lowest BCUT2D eigenvalue weighted by Crippen LogP contribution is -2.18. The van der Waals surface area contributed by atoms with Crippen LogP contribution in [0.25, 0.3) is 0 Å². The van der Waals surface area contributed by atoms with Crippen LogP contribution in [0, 0.1) is 6.92 Å². The molecular weight excluding hydrogens is 252 g/mol. The van der Waals surface area contributed by atoms with Gasteiger partial charge >= 0.3 is 0 Å². The molecule has 0 saturated heterocycles. The third kappa shape index (κ3) is 2.95. The molecule has 94 valence electrons. The van der Waals surface area contributed by atoms with Gasteiger partial charge in [0.1, 0.15) is 0 Å². The molecule has 0 spiro atoms. The Kier molecular flexibility index (Phi) is 3.42. The Morgan fingerprint density at radius 2 is 2.06 bits per heavy atom. The fraction of sp³-hybridized carbons (Fsp3) is 0.0909. The Hall–Kier alpha value is -2.15. The van der Waals surface area contributed by atoms with E-state index in [0.717, 1.165) is 5.56 Å². The standard InChI is InChI=1S/C11H12N4O2S/c1-9-2-4-11(5-3-9)18(16,17)15-14-7-10-6-12-8-13-10/h2-8,15H,1H3,(H,12,13)/b14-7+. The van der Waals surface area contributed by atoms with E-state index in [9.17, 15) is 8.42 Å². The van der Waals surface area contributed by atoms with Gasteiger partial charge in [-0.15, -0.1) is 0 Å². The number of sulfonamides is 1. The number of aromatic amines is 1. The number of aryl methyl sites for hydroxylation is 1. The number of hydrogen-bond acceptors (Lipinski definition) is 4. The summed E-state index contributed by atoms with van der Waals surface area (Å²) in [6, 6.07) is 6.52. The van der Waals surface area contributed by atoms with E-state index in [0.29, 0.717) is 5.69 Å². The van der Waals surface area contributed by atoms with Crippen molar-refractivity contribution in [2.75, 3.05) is 0 Å². The molecule has 0 aliphatic rings. The predicted octanol–water partition coefficient (Wildman–Crippen LogP) is 1.03. The Morgan fingerprint density at radius 1 is 1.33 bits per heavy atom. The topological polar surface area (TPSA) is 87.2 Å². The first kappa shape index (κ1) is 12.3. The van der Waals surface area contributed by atoms with Crippen LogP contribution in [0.15, 0.2) is 46.8 Å². The van der Waals surface area contributed by atoms with Crippen LogP contribution in [0.5, 0.6) is 0 Å². The molecule has 2 N–H and O–H groups in total. The first-order chi connectivity index (χ1) is 8.58. The van der Waals surface area contributed by atoms with Gasteiger partial charge in [0.2, 0.25) is 0 Å². The van der Waals surface area contributed by atoms with Crippen molar-refractivity contribution in [2.45, 2.75) is 11.8 Å². The van der Waals surface area contributed by atoms with Gasteiger partial charge in [-0.05, 0) is 19.1 Å². The number of aromatic nitrogens is 2. The third-order valence-electron chi connectivity index (χ3n) is 2.23. The van der Waals surface area contributed by atoms with Gasteiger partial charge in [0.05, 0.1) is 29.3 Å². The second kappa shape index (κ2) is 5.01. The number of benzene rings is 1. The van der Waals surface area contributed by atoms with Gasteiger partial charge in [0, 0.05) is 0 Å². The monoisotopic (exact) mass is 264 g/mol. The van der Waals surface area contributed by atoms with Crippen molar-refractivity contribution in [3.8, 4) is 0 Å². The number of rotatable bonds is 4. The van der Waals surface area contributed by atoms with E-state index in [2.05, 4.69) is 19.9 Å². The smallest absolute Gasteiger partial charge is 0.276 e. The highest BCUT2D eigenvalue weighted by atomic mass is 32.2. The normalized spacial score (nSPS) is 11.8. The van der Waals surface area contributed by atoms with Gasteiger partial charge in [-0.3, -0.25) is 0 Å². The molecule has 2 rings (SSSR count). The van der Waals surface area contributed by atoms with Crippen LogP contribution in [-0.2, 0) is 10.0 Å². The van der Waals surface area contributed by atoms with Crippen LogP contribution < -0.4 is 4.83 Å². The highest BCUT2D eigenvalue weighted by Gasteiger charge is 2.11. The lowest BCUT2D eigenvalue weighted by Gasteiger charge is -2.02. The molecular formula is C11H12N4O2S. The first-order valence-corrected chi connectivity index (χ1v) is 6.66. The molecule has 0 saturated carbocycles. The fourth-order valence-electron chi connectivity index (χ4n) is 1.27. The molecule has 0 fully saturated rings. The van der Waals surface area contributed by atoms with Crippen LogP contribution >= 0.6 is 0 Å². The van der Waals surface area contributed by atoms with Gasteiger partial charge in [-0.1, -0.05) is 17.7 Å². The summed E-state index contributed by atoms with van der Waals surface area (Å²) in [6.07, 6.45) is 4.36. The van der Waals surface area contributed by atoms with E-state index >= 15 is 0 Å². The SMILES string of the molecule is Cc1ccc(S(=O)(=O)N/N=C/c2cnc[nH]2)cc1. The minimum atomic E-state index is -3.61. The highest BCUT2D eigenvalue weighted by molar-refractivity contribution is 7.89. The minimum absolute atomic E-state index is 0.176. The second-order valence-corrected chi connectivity index (χ2v) is 5.33. The summed E-state index contributed by atoms with van der Waals surface area (Å²) in [7, 11) is -3.61. The molecule has 0 unspecified atom stereocenters. The molecule has 7 heteroatoms. The maximum absolute atomic E-state index is 11.8. The van der Waals surface area contributed by atoms with Gasteiger partial charge < -0.3 is 4.98 Å². The zero-order valence-electron chi connectivity index (χ0n) is 9.66. The van der Waals surface area contributed by atoms with Crippen molar-refractivity contribution in [2.24, 2.45) is 5.10 Å². The molecule has 1 aromatic heterocycles. The summed E-state index contributed by atoms with van der Waals surface area (Å²) >= 11 is 0. The molecule has 6 nitrogen and oxygen atoms in total. The Bertz CT molecular complexity index is 630. The molecule has 0 bridgehead atoms. The number of nitrogens with one attached hydrogen (secondary N) is 2. The van der Waals surface area contributed by atoms with Crippen LogP contribution in [-0.4, -0.2) is 24.6 Å². The van der Waals surface area contributed by atoms with Gasteiger partial charge in [-0.2, -0.15) is 13.5 Å². The van der Waals surface area contributed by atoms with Gasteiger partial charge in [-0.25, -0.2) is 9.82 Å². The van der Waals surface area contributed by atoms with Crippen molar-refractivity contribution in [3.05, 3.63) is 48.0 Å². The minimum Gasteiger partial charge on any atom is -0.344 e. The third-order valence-corrected chi connectivity index (χ3v) is 3.47. The Labute approximate surface area is 105 Å². The van der Waals surface area contributed by atoms with Crippen molar-refractivity contribution < 1.29 is 8.42 Å². The Balaban J connectivity index is 2.10. The Morgan fingerprint density at radius 3 is 2.67 bits per heavy atom. The number of imidazole rings is 1. The maximum atomic E-state index is 11.8. The summed E-state index contributed by atoms with van der Waals surface area (Å²) in [4.78, 5) is 8.86. The predicted molar refractivity (Wildman–Crippen MR) is 67.7 cm³/mol. The van der Waals surface area contributed by atoms with Crippen molar-refractivity contribution >= 4 is 16.2 Å². The summed E-state index contributed by atoms with van der Waals surface area (Å²) in [5, 5.41) is 3.65. The molecule has 0 amide bonds. The van der Waals surface area contributed by atoms with Gasteiger partial charge in [0.15, 0.2) is 0 Å². The van der Waals surface area contributed by atoms with Crippen molar-refractivity contribution in [1.82, 2.24) is 14.8 Å². The van der Waals surface area contributed by atoms with E-state index in [-0.39, 0.29) is 4.90 Å². The van der Waals surface area contributed by atoms with E-state index in [1.54, 1.807) is 12.1 Å². The van der Waals surface area contributed by atoms with E-state index in [4.69, 9.17) is 0 Å². The average Bonchev–Trinajstić information content (AvgIpc) is 2.82. The van der Waals surface area contributed by atoms with E-state index in [1.807, 2.05) is 6.92 Å². The van der Waals surface area contributed by atoms with Gasteiger partial charge in [0.25, 0.3) is 10.0 Å². The van der Waals surface area contributed by atoms with E-state index < -0.39 is 10.0 Å². The number of hydrogen-bond donors (Lipinski definition) is 2. The summed E-state index contributed by atoms with van der Waals surface area (Å²) in [5.41, 5.74) is 1.61. The number of H-pyrrole nitrogens is 1. The number of nitrogens with zero attached hydrogens (tertiary/aromatic N) is 2. The molecule has 0 atom stereocenters. The number of hydrazone groups is 1. The maximum Gasteiger partial charge on any atom is 0.276 e. The molecule has 1 aromatic carbocycles. The molecule has 18 heavy (non-hydrogen) atoms. The molecule has 2 aromatic rings. The van der Waals surface area contributed by atoms with Crippen molar-refractivity contribution in [1.29, 1.82) is 0 Å². The van der Waals surface area contributed by atoms with E-state index in [1.165, 1.54) is 30.9 Å². The zero-order valence-corrected chi connectivity index (χ0v) is 10.5. The summed E-state index contributed by atoms with van der Waals surface area (Å²) < 4.78 is 23.6. The second-order valence-electron chi connectivity index (χ2n) is 3.67. The lowest BCUT2D eigenvalue weighted by molar-refractivity contribution is 0.584. The largest absolute Gasteiger partial charge is 0.344 e. The summed E-state index contributed by atoms with van der Waals surface area (Å²) in [5.74, 6) is 0. The summed E-state index contributed by atoms with van der Waals surface area (Å²) in [6.45, 7) is 1.89. The van der Waals surface area contributed by atoms with Crippen LogP contribution in [0.3, 0.4) is 0 Å². The first-order valence-electron chi connectivity index (χ1n) is 5.18. The molecule has 1 heterocycles. The molecule has 0 aliphatic carbocycles. The van der Waals surface area contributed by atoms with Crippen LogP contribution in [0.2, 0.25) is 0 Å². The highest BCUT2D eigenvalue weighted by Crippen LogP contribution is 2.09. The van der Waals surface area contributed by atoms with Crippen LogP contribution in [0.1, 0.15) is 11.3 Å². The zero-order chi connectivity index (χ0) is 13.0. The molecule has 0 radical (unpaired) electrons. The van der Waals surface area contributed by atoms with Crippen molar-refractivity contribution in [3.63, 3.8) is 0 Å². The fourth-order valence-corrected chi connectivity index (χ4v) is 2.06. The quantitative estimate of drug-likeness (QED) is 0.638. The lowest BCUT2D eigenvalue weighted by atomic mass is 10.2. The average molecular weight is 264 g/mol.